The molecule has 0 amide bonds. The minimum Gasteiger partial charge on any atom is -0.481 e. The van der Waals surface area contributed by atoms with Crippen LogP contribution in [-0.2, 0) is 4.79 Å². The van der Waals surface area contributed by atoms with Crippen molar-refractivity contribution in [2.45, 2.75) is 51.1 Å². The summed E-state index contributed by atoms with van der Waals surface area (Å²) in [4.78, 5) is 13.4. The van der Waals surface area contributed by atoms with Crippen LogP contribution >= 0.6 is 0 Å². The van der Waals surface area contributed by atoms with E-state index in [9.17, 15) is 4.79 Å². The maximum absolute atomic E-state index is 11.1. The van der Waals surface area contributed by atoms with E-state index in [-0.39, 0.29) is 5.92 Å². The molecule has 4 nitrogen and oxygen atoms in total. The molecule has 1 aliphatic heterocycles. The van der Waals surface area contributed by atoms with Crippen molar-refractivity contribution in [3.8, 4) is 0 Å². The van der Waals surface area contributed by atoms with Crippen molar-refractivity contribution in [2.75, 3.05) is 20.1 Å². The summed E-state index contributed by atoms with van der Waals surface area (Å²) in [6, 6.07) is 0.981. The Balaban J connectivity index is 1.83. The summed E-state index contributed by atoms with van der Waals surface area (Å²) in [6.45, 7) is 4.59. The highest BCUT2D eigenvalue weighted by Crippen LogP contribution is 2.26. The molecule has 1 aliphatic carbocycles. The topological polar surface area (TPSA) is 52.6 Å². The number of carboxylic acids is 1. The largest absolute Gasteiger partial charge is 0.481 e. The van der Waals surface area contributed by atoms with Gasteiger partial charge in [-0.15, -0.1) is 0 Å². The molecular weight excluding hydrogens is 228 g/mol. The molecule has 4 heteroatoms. The van der Waals surface area contributed by atoms with Gasteiger partial charge < -0.3 is 15.3 Å². The number of hydrogen-bond acceptors (Lipinski definition) is 3. The van der Waals surface area contributed by atoms with Crippen molar-refractivity contribution < 1.29 is 9.90 Å². The van der Waals surface area contributed by atoms with Crippen LogP contribution < -0.4 is 5.32 Å². The van der Waals surface area contributed by atoms with E-state index in [1.807, 2.05) is 0 Å². The van der Waals surface area contributed by atoms with Gasteiger partial charge in [-0.25, -0.2) is 0 Å². The van der Waals surface area contributed by atoms with Crippen molar-refractivity contribution in [1.82, 2.24) is 10.2 Å². The predicted octanol–water partition coefficient (Wildman–Crippen LogP) is 1.56. The summed E-state index contributed by atoms with van der Waals surface area (Å²) in [6.07, 6.45) is 5.05. The lowest BCUT2D eigenvalue weighted by Gasteiger charge is -2.39. The fourth-order valence-corrected chi connectivity index (χ4v) is 3.47. The molecule has 0 aromatic rings. The number of hydrogen-bond donors (Lipinski definition) is 2. The Morgan fingerprint density at radius 1 is 1.33 bits per heavy atom. The van der Waals surface area contributed by atoms with Crippen LogP contribution in [0.1, 0.15) is 39.0 Å². The number of rotatable bonds is 3. The predicted molar refractivity (Wildman–Crippen MR) is 71.6 cm³/mol. The molecule has 2 rings (SSSR count). The third kappa shape index (κ3) is 3.45. The number of nitrogens with one attached hydrogen (secondary N) is 1. The molecule has 2 N–H and O–H groups in total. The lowest BCUT2D eigenvalue weighted by molar-refractivity contribution is -0.143. The van der Waals surface area contributed by atoms with Gasteiger partial charge >= 0.3 is 5.97 Å². The highest BCUT2D eigenvalue weighted by molar-refractivity contribution is 5.70. The second-order valence-electron chi connectivity index (χ2n) is 6.20. The molecule has 104 valence electrons. The normalized spacial score (nSPS) is 38.6. The van der Waals surface area contributed by atoms with E-state index >= 15 is 0 Å². The zero-order chi connectivity index (χ0) is 13.1. The minimum atomic E-state index is -0.613. The molecule has 2 fully saturated rings. The highest BCUT2D eigenvalue weighted by atomic mass is 16.4. The lowest BCUT2D eigenvalue weighted by Crippen LogP contribution is -2.51. The van der Waals surface area contributed by atoms with Crippen LogP contribution in [0.4, 0.5) is 0 Å². The van der Waals surface area contributed by atoms with Crippen molar-refractivity contribution >= 4 is 5.97 Å². The summed E-state index contributed by atoms with van der Waals surface area (Å²) >= 11 is 0. The Hall–Kier alpha value is -0.610. The van der Waals surface area contributed by atoms with Crippen LogP contribution in [0.5, 0.6) is 0 Å². The monoisotopic (exact) mass is 254 g/mol. The van der Waals surface area contributed by atoms with Crippen molar-refractivity contribution in [3.63, 3.8) is 0 Å². The van der Waals surface area contributed by atoms with Crippen LogP contribution in [0.25, 0.3) is 0 Å². The fourth-order valence-electron chi connectivity index (χ4n) is 3.47. The van der Waals surface area contributed by atoms with Crippen LogP contribution in [0.15, 0.2) is 0 Å². The summed E-state index contributed by atoms with van der Waals surface area (Å²) in [5.41, 5.74) is 0. The van der Waals surface area contributed by atoms with Gasteiger partial charge in [0.25, 0.3) is 0 Å². The average Bonchev–Trinajstić information content (AvgIpc) is 2.33. The first-order valence-corrected chi connectivity index (χ1v) is 7.23. The van der Waals surface area contributed by atoms with Crippen LogP contribution in [0.2, 0.25) is 0 Å². The Kier molecular flexibility index (Phi) is 4.62. The van der Waals surface area contributed by atoms with Gasteiger partial charge in [-0.05, 0) is 45.2 Å². The molecule has 0 aromatic heterocycles. The first-order valence-electron chi connectivity index (χ1n) is 7.23. The van der Waals surface area contributed by atoms with Gasteiger partial charge in [0, 0.05) is 18.6 Å². The molecule has 1 heterocycles. The molecule has 0 bridgehead atoms. The van der Waals surface area contributed by atoms with E-state index in [1.165, 1.54) is 6.42 Å². The molecule has 1 saturated carbocycles. The molecule has 0 aromatic carbocycles. The number of likely N-dealkylation sites (tertiary alicyclic amines) is 1. The van der Waals surface area contributed by atoms with Gasteiger partial charge in [0.1, 0.15) is 0 Å². The number of aliphatic carboxylic acids is 1. The number of piperidine rings is 1. The van der Waals surface area contributed by atoms with Crippen LogP contribution in [-0.4, -0.2) is 48.2 Å². The molecule has 1 saturated heterocycles. The first kappa shape index (κ1) is 13.8. The Bertz CT molecular complexity index is 296. The highest BCUT2D eigenvalue weighted by Gasteiger charge is 2.31. The molecule has 18 heavy (non-hydrogen) atoms. The Labute approximate surface area is 110 Å². The van der Waals surface area contributed by atoms with E-state index in [2.05, 4.69) is 24.2 Å². The van der Waals surface area contributed by atoms with Crippen LogP contribution in [0, 0.1) is 11.8 Å². The Morgan fingerprint density at radius 3 is 2.78 bits per heavy atom. The molecular formula is C14H26N2O2. The van der Waals surface area contributed by atoms with Crippen molar-refractivity contribution in [3.05, 3.63) is 0 Å². The first-order chi connectivity index (χ1) is 8.56. The summed E-state index contributed by atoms with van der Waals surface area (Å²) in [5.74, 6) is -0.0790. The molecule has 0 radical (unpaired) electrons. The lowest BCUT2D eigenvalue weighted by atomic mass is 9.84. The third-order valence-corrected chi connectivity index (χ3v) is 4.58. The zero-order valence-electron chi connectivity index (χ0n) is 11.6. The van der Waals surface area contributed by atoms with E-state index in [1.54, 1.807) is 0 Å². The summed E-state index contributed by atoms with van der Waals surface area (Å²) in [7, 11) is 2.17. The van der Waals surface area contributed by atoms with Crippen LogP contribution in [0.3, 0.4) is 0 Å². The molecule has 0 spiro atoms. The Morgan fingerprint density at radius 2 is 2.11 bits per heavy atom. The van der Waals surface area contributed by atoms with Crippen molar-refractivity contribution in [2.24, 2.45) is 11.8 Å². The van der Waals surface area contributed by atoms with E-state index in [0.29, 0.717) is 18.0 Å². The van der Waals surface area contributed by atoms with Gasteiger partial charge in [0.05, 0.1) is 5.92 Å². The second-order valence-corrected chi connectivity index (χ2v) is 6.20. The fraction of sp³-hybridized carbons (Fsp3) is 0.929. The maximum Gasteiger partial charge on any atom is 0.306 e. The standard InChI is InChI=1S/C14H26N2O2/c1-10-9-16(2)7-6-13(10)15-12-5-3-4-11(8-12)14(17)18/h10-13,15H,3-9H2,1-2H3,(H,17,18). The van der Waals surface area contributed by atoms with Gasteiger partial charge in [-0.1, -0.05) is 13.3 Å². The van der Waals surface area contributed by atoms with Gasteiger partial charge in [-0.2, -0.15) is 0 Å². The molecule has 2 aliphatic rings. The van der Waals surface area contributed by atoms with Gasteiger partial charge in [-0.3, -0.25) is 4.79 Å². The summed E-state index contributed by atoms with van der Waals surface area (Å²) < 4.78 is 0. The number of nitrogens with zero attached hydrogens (tertiary/aromatic N) is 1. The smallest absolute Gasteiger partial charge is 0.306 e. The minimum absolute atomic E-state index is 0.127. The SMILES string of the molecule is CC1CN(C)CCC1NC1CCCC(C(=O)O)C1. The molecule has 4 unspecified atom stereocenters. The van der Waals surface area contributed by atoms with E-state index < -0.39 is 5.97 Å². The average molecular weight is 254 g/mol. The zero-order valence-corrected chi connectivity index (χ0v) is 11.6. The maximum atomic E-state index is 11.1. The van der Waals surface area contributed by atoms with Gasteiger partial charge in [0.15, 0.2) is 0 Å². The quantitative estimate of drug-likeness (QED) is 0.802. The number of carbonyl (C=O) groups is 1. The number of carboxylic acid groups (broad SMARTS) is 1. The van der Waals surface area contributed by atoms with Gasteiger partial charge in [0.2, 0.25) is 0 Å². The molecule has 4 atom stereocenters. The van der Waals surface area contributed by atoms with E-state index in [0.717, 1.165) is 38.8 Å². The third-order valence-electron chi connectivity index (χ3n) is 4.58. The van der Waals surface area contributed by atoms with Crippen molar-refractivity contribution in [1.29, 1.82) is 0 Å². The van der Waals surface area contributed by atoms with E-state index in [4.69, 9.17) is 5.11 Å². The summed E-state index contributed by atoms with van der Waals surface area (Å²) in [5, 5.41) is 12.8. The second kappa shape index (κ2) is 6.02.